The molecule has 0 saturated carbocycles. The quantitative estimate of drug-likeness (QED) is 0.306. The first-order valence-corrected chi connectivity index (χ1v) is 4.94. The van der Waals surface area contributed by atoms with E-state index in [2.05, 4.69) is 23.8 Å². The van der Waals surface area contributed by atoms with Gasteiger partial charge in [0.1, 0.15) is 0 Å². The summed E-state index contributed by atoms with van der Waals surface area (Å²) >= 11 is 0. The van der Waals surface area contributed by atoms with Gasteiger partial charge in [0.25, 0.3) is 0 Å². The molecule has 1 unspecified atom stereocenters. The van der Waals surface area contributed by atoms with E-state index in [1.165, 1.54) is 6.20 Å². The average Bonchev–Trinajstić information content (AvgIpc) is 2.13. The molecule has 0 aromatic rings. The van der Waals surface area contributed by atoms with Gasteiger partial charge in [-0.05, 0) is 13.0 Å². The first-order chi connectivity index (χ1) is 6.70. The molecule has 0 saturated heterocycles. The molecule has 0 rings (SSSR count). The van der Waals surface area contributed by atoms with Crippen LogP contribution in [0.15, 0.2) is 17.8 Å². The average molecular weight is 200 g/mol. The number of nitrogens with one attached hydrogen (secondary N) is 1. The lowest BCUT2D eigenvalue weighted by Gasteiger charge is -2.14. The van der Waals surface area contributed by atoms with E-state index in [4.69, 9.17) is 10.2 Å². The second-order valence-corrected chi connectivity index (χ2v) is 3.11. The van der Waals surface area contributed by atoms with Gasteiger partial charge in [0.05, 0.1) is 0 Å². The van der Waals surface area contributed by atoms with Crippen LogP contribution >= 0.6 is 0 Å². The smallest absolute Gasteiger partial charge is 0.153 e. The lowest BCUT2D eigenvalue weighted by atomic mass is 10.2. The van der Waals surface area contributed by atoms with Crippen molar-refractivity contribution in [3.05, 3.63) is 12.8 Å². The van der Waals surface area contributed by atoms with Crippen molar-refractivity contribution >= 4 is 6.21 Å². The Labute approximate surface area is 85.4 Å². The zero-order valence-corrected chi connectivity index (χ0v) is 8.69. The maximum absolute atomic E-state index is 8.81. The SMILES string of the molecule is C=C/N=C\C(CC(O)O)NCCCC. The van der Waals surface area contributed by atoms with E-state index in [1.807, 2.05) is 0 Å². The van der Waals surface area contributed by atoms with E-state index < -0.39 is 6.29 Å². The normalized spacial score (nSPS) is 13.7. The van der Waals surface area contributed by atoms with Crippen LogP contribution in [0.5, 0.6) is 0 Å². The van der Waals surface area contributed by atoms with Crippen molar-refractivity contribution in [2.24, 2.45) is 4.99 Å². The summed E-state index contributed by atoms with van der Waals surface area (Å²) < 4.78 is 0. The summed E-state index contributed by atoms with van der Waals surface area (Å²) in [4.78, 5) is 3.86. The van der Waals surface area contributed by atoms with E-state index in [1.54, 1.807) is 6.21 Å². The predicted octanol–water partition coefficient (Wildman–Crippen LogP) is 0.660. The third kappa shape index (κ3) is 7.91. The molecule has 0 amide bonds. The Balaban J connectivity index is 3.84. The molecule has 0 bridgehead atoms. The van der Waals surface area contributed by atoms with Crippen LogP contribution in [0.4, 0.5) is 0 Å². The molecular weight excluding hydrogens is 180 g/mol. The molecule has 0 radical (unpaired) electrons. The Morgan fingerprint density at radius 2 is 2.21 bits per heavy atom. The molecule has 4 heteroatoms. The molecule has 0 aromatic carbocycles. The molecule has 0 aliphatic carbocycles. The second-order valence-electron chi connectivity index (χ2n) is 3.11. The highest BCUT2D eigenvalue weighted by atomic mass is 16.5. The maximum Gasteiger partial charge on any atom is 0.153 e. The van der Waals surface area contributed by atoms with Gasteiger partial charge in [-0.3, -0.25) is 4.99 Å². The number of aliphatic hydroxyl groups excluding tert-OH is 1. The van der Waals surface area contributed by atoms with Crippen LogP contribution in [0.25, 0.3) is 0 Å². The summed E-state index contributed by atoms with van der Waals surface area (Å²) in [6.07, 6.45) is 4.20. The summed E-state index contributed by atoms with van der Waals surface area (Å²) in [5, 5.41) is 20.8. The van der Waals surface area contributed by atoms with Crippen LogP contribution in [-0.2, 0) is 0 Å². The number of unbranched alkanes of at least 4 members (excludes halogenated alkanes) is 1. The van der Waals surface area contributed by atoms with Crippen molar-refractivity contribution in [3.8, 4) is 0 Å². The number of aliphatic hydroxyl groups is 2. The first-order valence-electron chi connectivity index (χ1n) is 4.94. The second kappa shape index (κ2) is 8.87. The van der Waals surface area contributed by atoms with Gasteiger partial charge < -0.3 is 15.5 Å². The van der Waals surface area contributed by atoms with E-state index in [9.17, 15) is 0 Å². The van der Waals surface area contributed by atoms with Gasteiger partial charge in [0, 0.05) is 24.9 Å². The maximum atomic E-state index is 8.81. The molecule has 3 N–H and O–H groups in total. The van der Waals surface area contributed by atoms with Gasteiger partial charge in [-0.2, -0.15) is 0 Å². The molecule has 0 heterocycles. The molecule has 0 aliphatic rings. The topological polar surface area (TPSA) is 64.9 Å². The minimum atomic E-state index is -1.30. The largest absolute Gasteiger partial charge is 0.368 e. The van der Waals surface area contributed by atoms with Gasteiger partial charge in [-0.25, -0.2) is 0 Å². The Hall–Kier alpha value is -0.710. The minimum absolute atomic E-state index is 0.0976. The van der Waals surface area contributed by atoms with Gasteiger partial charge in [0.15, 0.2) is 6.29 Å². The van der Waals surface area contributed by atoms with Gasteiger partial charge in [-0.15, -0.1) is 0 Å². The molecule has 0 aromatic heterocycles. The Kier molecular flexibility index (Phi) is 8.42. The highest BCUT2D eigenvalue weighted by molar-refractivity contribution is 5.65. The monoisotopic (exact) mass is 200 g/mol. The lowest BCUT2D eigenvalue weighted by molar-refractivity contribution is -0.0473. The molecule has 4 nitrogen and oxygen atoms in total. The van der Waals surface area contributed by atoms with E-state index in [0.717, 1.165) is 19.4 Å². The Morgan fingerprint density at radius 3 is 2.71 bits per heavy atom. The van der Waals surface area contributed by atoms with Crippen molar-refractivity contribution in [1.29, 1.82) is 0 Å². The van der Waals surface area contributed by atoms with E-state index in [0.29, 0.717) is 0 Å². The van der Waals surface area contributed by atoms with Crippen molar-refractivity contribution in [1.82, 2.24) is 5.32 Å². The standard InChI is InChI=1S/C10H20N2O2/c1-3-5-6-12-9(7-10(13)14)8-11-4-2/h4,8-10,12-14H,2-3,5-7H2,1H3/b11-8-. The van der Waals surface area contributed by atoms with Crippen molar-refractivity contribution in [2.45, 2.75) is 38.5 Å². The van der Waals surface area contributed by atoms with Crippen LogP contribution in [0.1, 0.15) is 26.2 Å². The van der Waals surface area contributed by atoms with E-state index in [-0.39, 0.29) is 12.5 Å². The third-order valence-electron chi connectivity index (χ3n) is 1.77. The number of hydrogen-bond donors (Lipinski definition) is 3. The summed E-state index contributed by atoms with van der Waals surface area (Å²) in [5.74, 6) is 0. The van der Waals surface area contributed by atoms with Gasteiger partial charge >= 0.3 is 0 Å². The number of rotatable bonds is 8. The fourth-order valence-electron chi connectivity index (χ4n) is 1.05. The van der Waals surface area contributed by atoms with Crippen molar-refractivity contribution < 1.29 is 10.2 Å². The Bertz CT molecular complexity index is 170. The number of aliphatic imine (C=N–C) groups is 1. The van der Waals surface area contributed by atoms with Crippen LogP contribution in [0, 0.1) is 0 Å². The minimum Gasteiger partial charge on any atom is -0.368 e. The zero-order chi connectivity index (χ0) is 10.8. The molecule has 0 spiro atoms. The highest BCUT2D eigenvalue weighted by Gasteiger charge is 2.08. The summed E-state index contributed by atoms with van der Waals surface area (Å²) in [7, 11) is 0. The van der Waals surface area contributed by atoms with Gasteiger partial charge in [0.2, 0.25) is 0 Å². The Morgan fingerprint density at radius 1 is 1.50 bits per heavy atom. The van der Waals surface area contributed by atoms with Crippen molar-refractivity contribution in [3.63, 3.8) is 0 Å². The number of nitrogens with zero attached hydrogens (tertiary/aromatic N) is 1. The molecular formula is C10H20N2O2. The van der Waals surface area contributed by atoms with Gasteiger partial charge in [-0.1, -0.05) is 19.9 Å². The molecule has 0 fully saturated rings. The predicted molar refractivity (Wildman–Crippen MR) is 58.2 cm³/mol. The molecule has 14 heavy (non-hydrogen) atoms. The van der Waals surface area contributed by atoms with Crippen LogP contribution in [0.2, 0.25) is 0 Å². The van der Waals surface area contributed by atoms with Crippen LogP contribution < -0.4 is 5.32 Å². The first kappa shape index (κ1) is 13.3. The molecule has 0 aliphatic heterocycles. The number of hydrogen-bond acceptors (Lipinski definition) is 4. The van der Waals surface area contributed by atoms with Crippen LogP contribution in [0.3, 0.4) is 0 Å². The fraction of sp³-hybridized carbons (Fsp3) is 0.700. The van der Waals surface area contributed by atoms with E-state index >= 15 is 0 Å². The van der Waals surface area contributed by atoms with Crippen LogP contribution in [-0.4, -0.2) is 35.3 Å². The highest BCUT2D eigenvalue weighted by Crippen LogP contribution is 1.95. The summed E-state index contributed by atoms with van der Waals surface area (Å²) in [6, 6.07) is -0.0976. The summed E-state index contributed by atoms with van der Waals surface area (Å²) in [5.41, 5.74) is 0. The zero-order valence-electron chi connectivity index (χ0n) is 8.69. The molecule has 1 atom stereocenters. The van der Waals surface area contributed by atoms with Crippen molar-refractivity contribution in [2.75, 3.05) is 6.54 Å². The fourth-order valence-corrected chi connectivity index (χ4v) is 1.05. The summed E-state index contributed by atoms with van der Waals surface area (Å²) in [6.45, 7) is 6.42. The molecule has 82 valence electrons. The lowest BCUT2D eigenvalue weighted by Crippen LogP contribution is -2.34. The third-order valence-corrected chi connectivity index (χ3v) is 1.77.